The third-order valence-corrected chi connectivity index (χ3v) is 7.93. The van der Waals surface area contributed by atoms with Crippen LogP contribution in [0.1, 0.15) is 29.3 Å². The molecule has 2 aromatic carbocycles. The molecule has 15 heteroatoms. The largest absolute Gasteiger partial charge is 0.476 e. The van der Waals surface area contributed by atoms with Gasteiger partial charge in [0.05, 0.1) is 28.6 Å². The zero-order valence-corrected chi connectivity index (χ0v) is 24.3. The maximum absolute atomic E-state index is 14.7. The Hall–Kier alpha value is -4.45. The summed E-state index contributed by atoms with van der Waals surface area (Å²) in [5.74, 6) is -4.20. The Morgan fingerprint density at radius 3 is 2.57 bits per heavy atom. The molecule has 1 unspecified atom stereocenters. The van der Waals surface area contributed by atoms with Gasteiger partial charge in [-0.2, -0.15) is 9.65 Å². The van der Waals surface area contributed by atoms with E-state index < -0.39 is 47.7 Å². The molecule has 2 saturated heterocycles. The van der Waals surface area contributed by atoms with Crippen LogP contribution in [0.3, 0.4) is 0 Å². The van der Waals surface area contributed by atoms with Gasteiger partial charge in [0.2, 0.25) is 17.4 Å². The monoisotopic (exact) mass is 627 g/mol. The molecule has 3 amide bonds. The topological polar surface area (TPSA) is 160 Å². The van der Waals surface area contributed by atoms with Gasteiger partial charge in [-0.05, 0) is 50.2 Å². The maximum Gasteiger partial charge on any atom is 0.274 e. The quantitative estimate of drug-likeness (QED) is 0.422. The van der Waals surface area contributed by atoms with E-state index in [1.807, 2.05) is 0 Å². The average Bonchev–Trinajstić information content (AvgIpc) is 3.63. The molecule has 3 N–H and O–H groups in total. The molecular weight excluding hydrogens is 600 g/mol. The van der Waals surface area contributed by atoms with Crippen molar-refractivity contribution >= 4 is 46.9 Å². The lowest BCUT2D eigenvalue weighted by Gasteiger charge is -2.36. The van der Waals surface area contributed by atoms with Gasteiger partial charge >= 0.3 is 0 Å². The summed E-state index contributed by atoms with van der Waals surface area (Å²) in [6.45, 7) is 2.72. The average molecular weight is 628 g/mol. The Labute approximate surface area is 256 Å². The van der Waals surface area contributed by atoms with Crippen molar-refractivity contribution in [3.05, 3.63) is 58.1 Å². The Morgan fingerprint density at radius 2 is 1.91 bits per heavy atom. The van der Waals surface area contributed by atoms with E-state index in [1.54, 1.807) is 15.9 Å². The van der Waals surface area contributed by atoms with Gasteiger partial charge in [0.15, 0.2) is 18.2 Å². The molecule has 3 aliphatic rings. The molecule has 44 heavy (non-hydrogen) atoms. The highest BCUT2D eigenvalue weighted by Crippen LogP contribution is 2.28. The van der Waals surface area contributed by atoms with E-state index in [2.05, 4.69) is 20.6 Å². The van der Waals surface area contributed by atoms with Gasteiger partial charge in [0, 0.05) is 37.4 Å². The summed E-state index contributed by atoms with van der Waals surface area (Å²) < 4.78 is 33.9. The van der Waals surface area contributed by atoms with E-state index in [0.29, 0.717) is 39.1 Å². The maximum atomic E-state index is 14.7. The van der Waals surface area contributed by atoms with E-state index in [9.17, 15) is 28.3 Å². The van der Waals surface area contributed by atoms with Crippen molar-refractivity contribution in [1.82, 2.24) is 15.1 Å². The molecule has 0 aromatic heterocycles. The van der Waals surface area contributed by atoms with Gasteiger partial charge < -0.3 is 30.3 Å². The Balaban J connectivity index is 1.21. The molecule has 2 fully saturated rings. The van der Waals surface area contributed by atoms with Crippen molar-refractivity contribution in [3.63, 3.8) is 0 Å². The number of ether oxygens (including phenoxy) is 1. The van der Waals surface area contributed by atoms with Gasteiger partial charge in [0.1, 0.15) is 12.1 Å². The van der Waals surface area contributed by atoms with Crippen LogP contribution in [0, 0.1) is 23.0 Å². The van der Waals surface area contributed by atoms with Crippen LogP contribution in [0.4, 0.5) is 14.5 Å². The summed E-state index contributed by atoms with van der Waals surface area (Å²) in [5, 5.41) is 24.3. The van der Waals surface area contributed by atoms with Crippen LogP contribution >= 0.6 is 11.6 Å². The summed E-state index contributed by atoms with van der Waals surface area (Å²) >= 11 is 6.42. The van der Waals surface area contributed by atoms with Crippen LogP contribution in [0.15, 0.2) is 40.3 Å². The third kappa shape index (κ3) is 6.12. The number of aliphatic imine (C=N–C) groups is 2. The molecule has 0 bridgehead atoms. The minimum atomic E-state index is -1.70. The number of aliphatic hydroxyl groups excluding tert-OH is 1. The molecule has 3 aliphatic heterocycles. The molecular formula is C29H28ClF2N7O5. The molecule has 5 rings (SSSR count). The van der Waals surface area contributed by atoms with Crippen molar-refractivity contribution in [3.8, 4) is 11.8 Å². The van der Waals surface area contributed by atoms with Crippen molar-refractivity contribution in [1.29, 1.82) is 5.26 Å². The second-order valence-electron chi connectivity index (χ2n) is 10.5. The van der Waals surface area contributed by atoms with Gasteiger partial charge in [-0.1, -0.05) is 11.6 Å². The summed E-state index contributed by atoms with van der Waals surface area (Å²) in [6, 6.07) is 7.77. The molecule has 3 atom stereocenters. The lowest BCUT2D eigenvalue weighted by atomic mass is 10.1. The fraction of sp³-hybridized carbons (Fsp3) is 0.379. The lowest BCUT2D eigenvalue weighted by molar-refractivity contribution is -0.136. The number of hydrogen-bond donors (Lipinski definition) is 3. The van der Waals surface area contributed by atoms with Crippen LogP contribution in [-0.4, -0.2) is 102 Å². The number of nitrogens with one attached hydrogen (secondary N) is 2. The number of anilines is 1. The second-order valence-corrected chi connectivity index (χ2v) is 10.9. The first kappa shape index (κ1) is 31.0. The van der Waals surface area contributed by atoms with Crippen LogP contribution in [-0.2, 0) is 9.59 Å². The number of benzene rings is 2. The first-order valence-corrected chi connectivity index (χ1v) is 14.1. The molecule has 0 aliphatic carbocycles. The summed E-state index contributed by atoms with van der Waals surface area (Å²) in [5.41, 5.74) is -1.54. The predicted octanol–water partition coefficient (Wildman–Crippen LogP) is 1.76. The number of nitrogens with zero attached hydrogens (tertiary/aromatic N) is 5. The van der Waals surface area contributed by atoms with Crippen molar-refractivity contribution < 1.29 is 33.0 Å². The molecule has 2 aromatic rings. The first-order chi connectivity index (χ1) is 21.0. The highest BCUT2D eigenvalue weighted by Gasteiger charge is 2.38. The van der Waals surface area contributed by atoms with Gasteiger partial charge in [0.25, 0.3) is 11.8 Å². The fourth-order valence-electron chi connectivity index (χ4n) is 5.12. The van der Waals surface area contributed by atoms with Gasteiger partial charge in [-0.3, -0.25) is 19.4 Å². The first-order valence-electron chi connectivity index (χ1n) is 13.8. The molecule has 230 valence electrons. The van der Waals surface area contributed by atoms with E-state index in [1.165, 1.54) is 31.2 Å². The number of aliphatic hydroxyl groups is 1. The van der Waals surface area contributed by atoms with Gasteiger partial charge in [-0.25, -0.2) is 9.38 Å². The minimum absolute atomic E-state index is 0.0673. The fourth-order valence-corrected chi connectivity index (χ4v) is 5.38. The Kier molecular flexibility index (Phi) is 8.91. The molecule has 0 saturated carbocycles. The van der Waals surface area contributed by atoms with Crippen LogP contribution < -0.4 is 15.4 Å². The predicted molar refractivity (Wildman–Crippen MR) is 156 cm³/mol. The minimum Gasteiger partial charge on any atom is -0.476 e. The lowest BCUT2D eigenvalue weighted by Crippen LogP contribution is -2.55. The van der Waals surface area contributed by atoms with Crippen molar-refractivity contribution in [2.24, 2.45) is 9.98 Å². The number of carbonyl (C=O) groups excluding carboxylic acids is 3. The normalized spacial score (nSPS) is 22.9. The smallest absolute Gasteiger partial charge is 0.274 e. The molecule has 12 nitrogen and oxygen atoms in total. The summed E-state index contributed by atoms with van der Waals surface area (Å²) in [6.07, 6.45) is 0.947. The molecule has 0 radical (unpaired) electrons. The van der Waals surface area contributed by atoms with Crippen molar-refractivity contribution in [2.75, 3.05) is 44.6 Å². The number of hydrogen-bond acceptors (Lipinski definition) is 9. The highest BCUT2D eigenvalue weighted by atomic mass is 35.5. The molecule has 3 heterocycles. The SMILES string of the molecule is CC1(C(=O)Nc2ccc(C(=O)N3CCN(C(=O)[C@H]4NCC[C@@H]4O)CC3)c(Cl)c2)N=CC(c2ccc(OCC#N)c(F)c2F)=N1. The van der Waals surface area contributed by atoms with Crippen LogP contribution in [0.2, 0.25) is 5.02 Å². The summed E-state index contributed by atoms with van der Waals surface area (Å²) in [7, 11) is 0. The number of carbonyl (C=O) groups is 3. The Bertz CT molecular complexity index is 1610. The van der Waals surface area contributed by atoms with Crippen LogP contribution in [0.25, 0.3) is 0 Å². The number of nitriles is 1. The Morgan fingerprint density at radius 1 is 1.18 bits per heavy atom. The third-order valence-electron chi connectivity index (χ3n) is 7.61. The van der Waals surface area contributed by atoms with Gasteiger partial charge in [-0.15, -0.1) is 0 Å². The zero-order chi connectivity index (χ0) is 31.6. The standard InChI is InChI=1S/C29H28ClF2N7O5/c1-29(35-15-20(37-29)18-4-5-22(44-13-7-33)24(32)23(18)31)28(43)36-16-2-3-17(19(30)14-16)26(41)38-9-11-39(12-10-38)27(42)25-21(40)6-8-34-25/h2-5,14-15,21,25,34,40H,6,8-13H2,1H3,(H,36,43)/t21-,25-,29?/m0/s1. The second kappa shape index (κ2) is 12.7. The van der Waals surface area contributed by atoms with Crippen LogP contribution in [0.5, 0.6) is 5.75 Å². The van der Waals surface area contributed by atoms with Crippen molar-refractivity contribution in [2.45, 2.75) is 31.2 Å². The number of amides is 3. The molecule has 0 spiro atoms. The number of rotatable bonds is 7. The highest BCUT2D eigenvalue weighted by molar-refractivity contribution is 6.40. The summed E-state index contributed by atoms with van der Waals surface area (Å²) in [4.78, 5) is 50.5. The van der Waals surface area contributed by atoms with E-state index >= 15 is 0 Å². The van der Waals surface area contributed by atoms with E-state index in [-0.39, 0.29) is 39.4 Å². The number of halogens is 3. The van der Waals surface area contributed by atoms with E-state index in [0.717, 1.165) is 12.3 Å². The van der Waals surface area contributed by atoms with E-state index in [4.69, 9.17) is 21.6 Å². The zero-order valence-electron chi connectivity index (χ0n) is 23.5. The number of piperazine rings is 1.